The molecule has 0 unspecified atom stereocenters. The minimum absolute atomic E-state index is 0.0436. The van der Waals surface area contributed by atoms with Crippen LogP contribution in [-0.2, 0) is 0 Å². The molecule has 100 valence electrons. The molecule has 1 fully saturated rings. The number of benzene rings is 1. The molecule has 2 rings (SSSR count). The summed E-state index contributed by atoms with van der Waals surface area (Å²) >= 11 is 0. The van der Waals surface area contributed by atoms with Gasteiger partial charge in [0.2, 0.25) is 0 Å². The van der Waals surface area contributed by atoms with Crippen LogP contribution in [0.5, 0.6) is 0 Å². The summed E-state index contributed by atoms with van der Waals surface area (Å²) in [6.07, 6.45) is 6.35. The maximum Gasteiger partial charge on any atom is 0.270 e. The molecule has 1 N–H and O–H groups in total. The smallest absolute Gasteiger partial charge is 0.270 e. The molecule has 0 atom stereocenters. The van der Waals surface area contributed by atoms with Gasteiger partial charge >= 0.3 is 0 Å². The van der Waals surface area contributed by atoms with Crippen molar-refractivity contribution >= 4 is 11.4 Å². The third-order valence-corrected chi connectivity index (χ3v) is 3.68. The summed E-state index contributed by atoms with van der Waals surface area (Å²) in [5.74, 6) is 0.788. The minimum Gasteiger partial charge on any atom is -0.384 e. The van der Waals surface area contributed by atoms with E-state index in [0.717, 1.165) is 18.9 Å². The van der Waals surface area contributed by atoms with Crippen molar-refractivity contribution < 1.29 is 4.92 Å². The van der Waals surface area contributed by atoms with Crippen molar-refractivity contribution in [2.75, 3.05) is 11.9 Å². The molecule has 0 bridgehead atoms. The van der Waals surface area contributed by atoms with Crippen molar-refractivity contribution in [3.05, 3.63) is 33.9 Å². The molecule has 1 saturated carbocycles. The number of hydrogen-bond acceptors (Lipinski definition) is 4. The Hall–Kier alpha value is -2.09. The number of anilines is 1. The number of non-ortho nitro benzene ring substituents is 1. The van der Waals surface area contributed by atoms with Crippen LogP contribution in [0.3, 0.4) is 0 Å². The zero-order chi connectivity index (χ0) is 13.7. The van der Waals surface area contributed by atoms with Gasteiger partial charge in [-0.1, -0.05) is 25.7 Å². The molecule has 1 aromatic rings. The predicted octanol–water partition coefficient (Wildman–Crippen LogP) is 3.46. The molecule has 5 heteroatoms. The summed E-state index contributed by atoms with van der Waals surface area (Å²) < 4.78 is 0. The average molecular weight is 259 g/mol. The van der Waals surface area contributed by atoms with Crippen LogP contribution < -0.4 is 5.32 Å². The average Bonchev–Trinajstić information content (AvgIpc) is 2.92. The number of nitro groups is 1. The second kappa shape index (κ2) is 6.19. The fourth-order valence-corrected chi connectivity index (χ4v) is 2.60. The fourth-order valence-electron chi connectivity index (χ4n) is 2.60. The second-order valence-electron chi connectivity index (χ2n) is 4.96. The molecule has 0 radical (unpaired) electrons. The van der Waals surface area contributed by atoms with Crippen LogP contribution in [0.15, 0.2) is 18.2 Å². The van der Waals surface area contributed by atoms with E-state index in [-0.39, 0.29) is 5.69 Å². The number of hydrogen-bond donors (Lipinski definition) is 1. The third-order valence-electron chi connectivity index (χ3n) is 3.68. The van der Waals surface area contributed by atoms with Crippen molar-refractivity contribution in [2.45, 2.75) is 32.1 Å². The quantitative estimate of drug-likeness (QED) is 0.648. The maximum absolute atomic E-state index is 10.6. The van der Waals surface area contributed by atoms with Crippen molar-refractivity contribution in [1.29, 1.82) is 5.26 Å². The van der Waals surface area contributed by atoms with Crippen LogP contribution in [0.25, 0.3) is 0 Å². The van der Waals surface area contributed by atoms with Crippen molar-refractivity contribution in [3.63, 3.8) is 0 Å². The zero-order valence-corrected chi connectivity index (χ0v) is 10.8. The van der Waals surface area contributed by atoms with Gasteiger partial charge in [-0.2, -0.15) is 5.26 Å². The molecule has 0 aliphatic heterocycles. The highest BCUT2D eigenvalue weighted by Crippen LogP contribution is 2.28. The van der Waals surface area contributed by atoms with Crippen LogP contribution >= 0.6 is 0 Å². The molecule has 1 aliphatic rings. The molecule has 1 aromatic carbocycles. The van der Waals surface area contributed by atoms with E-state index in [1.54, 1.807) is 6.07 Å². The summed E-state index contributed by atoms with van der Waals surface area (Å²) in [5, 5.41) is 22.9. The van der Waals surface area contributed by atoms with E-state index < -0.39 is 4.92 Å². The number of nitro benzene ring substituents is 1. The van der Waals surface area contributed by atoms with Gasteiger partial charge in [0, 0.05) is 18.7 Å². The van der Waals surface area contributed by atoms with Crippen molar-refractivity contribution in [1.82, 2.24) is 0 Å². The topological polar surface area (TPSA) is 79.0 Å². The third kappa shape index (κ3) is 3.44. The van der Waals surface area contributed by atoms with Gasteiger partial charge in [-0.05, 0) is 18.4 Å². The molecule has 1 aliphatic carbocycles. The lowest BCUT2D eigenvalue weighted by Gasteiger charge is -2.11. The molecular weight excluding hydrogens is 242 g/mol. The van der Waals surface area contributed by atoms with Crippen molar-refractivity contribution in [3.8, 4) is 6.07 Å². The Morgan fingerprint density at radius 2 is 2.16 bits per heavy atom. The number of nitriles is 1. The molecule has 0 aromatic heterocycles. The second-order valence-corrected chi connectivity index (χ2v) is 4.96. The molecule has 0 saturated heterocycles. The summed E-state index contributed by atoms with van der Waals surface area (Å²) in [6, 6.07) is 6.37. The van der Waals surface area contributed by atoms with Crippen LogP contribution in [0.2, 0.25) is 0 Å². The monoisotopic (exact) mass is 259 g/mol. The predicted molar refractivity (Wildman–Crippen MR) is 72.9 cm³/mol. The zero-order valence-electron chi connectivity index (χ0n) is 10.8. The molecule has 0 heterocycles. The van der Waals surface area contributed by atoms with Gasteiger partial charge < -0.3 is 5.32 Å². The van der Waals surface area contributed by atoms with Gasteiger partial charge in [-0.3, -0.25) is 10.1 Å². The first-order chi connectivity index (χ1) is 9.20. The SMILES string of the molecule is N#Cc1cc([N+](=O)[O-])ccc1NCCC1CCCC1. The summed E-state index contributed by atoms with van der Waals surface area (Å²) in [5.41, 5.74) is 0.976. The number of nitrogens with one attached hydrogen (secondary N) is 1. The molecule has 0 amide bonds. The molecule has 0 spiro atoms. The Balaban J connectivity index is 1.95. The van der Waals surface area contributed by atoms with Crippen LogP contribution in [0, 0.1) is 27.4 Å². The Morgan fingerprint density at radius 3 is 2.79 bits per heavy atom. The van der Waals surface area contributed by atoms with Gasteiger partial charge in [0.05, 0.1) is 16.2 Å². The Labute approximate surface area is 112 Å². The van der Waals surface area contributed by atoms with Crippen molar-refractivity contribution in [2.24, 2.45) is 5.92 Å². The van der Waals surface area contributed by atoms with Crippen LogP contribution in [0.4, 0.5) is 11.4 Å². The van der Waals surface area contributed by atoms with Gasteiger partial charge in [0.25, 0.3) is 5.69 Å². The summed E-state index contributed by atoms with van der Waals surface area (Å²) in [7, 11) is 0. The van der Waals surface area contributed by atoms with E-state index in [1.165, 1.54) is 37.8 Å². The Morgan fingerprint density at radius 1 is 1.42 bits per heavy atom. The van der Waals surface area contributed by atoms with E-state index >= 15 is 0 Å². The first-order valence-corrected chi connectivity index (χ1v) is 6.63. The first kappa shape index (κ1) is 13.3. The standard InChI is InChI=1S/C14H17N3O2/c15-10-12-9-13(17(18)19)5-6-14(12)16-8-7-11-3-1-2-4-11/h5-6,9,11,16H,1-4,7-8H2. The molecular formula is C14H17N3O2. The van der Waals surface area contributed by atoms with E-state index in [0.29, 0.717) is 11.3 Å². The first-order valence-electron chi connectivity index (χ1n) is 6.63. The van der Waals surface area contributed by atoms with E-state index in [4.69, 9.17) is 5.26 Å². The fraction of sp³-hybridized carbons (Fsp3) is 0.500. The number of nitrogens with zero attached hydrogens (tertiary/aromatic N) is 2. The highest BCUT2D eigenvalue weighted by molar-refractivity contribution is 5.61. The lowest BCUT2D eigenvalue weighted by Crippen LogP contribution is -2.07. The van der Waals surface area contributed by atoms with Gasteiger partial charge in [0.1, 0.15) is 6.07 Å². The highest BCUT2D eigenvalue weighted by atomic mass is 16.6. The summed E-state index contributed by atoms with van der Waals surface area (Å²) in [4.78, 5) is 10.2. The van der Waals surface area contributed by atoms with Crippen LogP contribution in [0.1, 0.15) is 37.7 Å². The van der Waals surface area contributed by atoms with E-state index in [2.05, 4.69) is 5.32 Å². The van der Waals surface area contributed by atoms with E-state index in [1.807, 2.05) is 6.07 Å². The lowest BCUT2D eigenvalue weighted by atomic mass is 10.0. The molecule has 19 heavy (non-hydrogen) atoms. The normalized spacial score (nSPS) is 15.1. The van der Waals surface area contributed by atoms with Gasteiger partial charge in [-0.25, -0.2) is 0 Å². The van der Waals surface area contributed by atoms with Gasteiger partial charge in [0.15, 0.2) is 0 Å². The lowest BCUT2D eigenvalue weighted by molar-refractivity contribution is -0.384. The van der Waals surface area contributed by atoms with Gasteiger partial charge in [-0.15, -0.1) is 0 Å². The minimum atomic E-state index is -0.483. The van der Waals surface area contributed by atoms with Crippen LogP contribution in [-0.4, -0.2) is 11.5 Å². The molecule has 5 nitrogen and oxygen atoms in total. The Kier molecular flexibility index (Phi) is 4.35. The Bertz CT molecular complexity index is 502. The highest BCUT2D eigenvalue weighted by Gasteiger charge is 2.15. The maximum atomic E-state index is 10.6. The summed E-state index contributed by atoms with van der Waals surface area (Å²) in [6.45, 7) is 0.817. The van der Waals surface area contributed by atoms with E-state index in [9.17, 15) is 10.1 Å². The number of rotatable bonds is 5. The largest absolute Gasteiger partial charge is 0.384 e.